The van der Waals surface area contributed by atoms with Crippen LogP contribution < -0.4 is 5.32 Å². The third-order valence-corrected chi connectivity index (χ3v) is 2.87. The molecule has 0 aliphatic carbocycles. The Morgan fingerprint density at radius 2 is 2.00 bits per heavy atom. The zero-order chi connectivity index (χ0) is 12.2. The van der Waals surface area contributed by atoms with E-state index in [2.05, 4.69) is 27.5 Å². The minimum Gasteiger partial charge on any atom is -0.368 e. The van der Waals surface area contributed by atoms with Crippen molar-refractivity contribution in [1.82, 2.24) is 14.8 Å². The first kappa shape index (κ1) is 10.8. The average Bonchev–Trinajstić information content (AvgIpc) is 2.92. The third kappa shape index (κ3) is 2.18. The summed E-state index contributed by atoms with van der Waals surface area (Å²) in [4.78, 5) is 4.38. The lowest BCUT2D eigenvalue weighted by Gasteiger charge is -2.08. The van der Waals surface area contributed by atoms with E-state index in [0.717, 1.165) is 24.3 Å². The molecule has 3 aromatic rings. The van der Waals surface area contributed by atoms with Crippen LogP contribution in [0.5, 0.6) is 0 Å². The first-order valence-corrected chi connectivity index (χ1v) is 5.98. The SMILES string of the molecule is c1ccc2c(NCCn3cccn3)nccc2c1. The molecule has 3 rings (SSSR count). The van der Waals surface area contributed by atoms with E-state index in [1.807, 2.05) is 41.3 Å². The van der Waals surface area contributed by atoms with Gasteiger partial charge in [-0.15, -0.1) is 0 Å². The van der Waals surface area contributed by atoms with Crippen LogP contribution in [0.1, 0.15) is 0 Å². The summed E-state index contributed by atoms with van der Waals surface area (Å²) in [6.07, 6.45) is 5.58. The van der Waals surface area contributed by atoms with Gasteiger partial charge in [0.25, 0.3) is 0 Å². The molecule has 4 nitrogen and oxygen atoms in total. The van der Waals surface area contributed by atoms with Crippen molar-refractivity contribution in [2.24, 2.45) is 0 Å². The highest BCUT2D eigenvalue weighted by Crippen LogP contribution is 2.19. The number of anilines is 1. The molecule has 0 saturated heterocycles. The second kappa shape index (κ2) is 4.87. The molecule has 0 saturated carbocycles. The molecule has 2 aromatic heterocycles. The molecule has 18 heavy (non-hydrogen) atoms. The Morgan fingerprint density at radius 1 is 1.06 bits per heavy atom. The van der Waals surface area contributed by atoms with E-state index in [9.17, 15) is 0 Å². The smallest absolute Gasteiger partial charge is 0.133 e. The van der Waals surface area contributed by atoms with Gasteiger partial charge >= 0.3 is 0 Å². The Kier molecular flexibility index (Phi) is 2.92. The van der Waals surface area contributed by atoms with E-state index in [1.54, 1.807) is 6.20 Å². The highest BCUT2D eigenvalue weighted by molar-refractivity contribution is 5.91. The number of hydrogen-bond donors (Lipinski definition) is 1. The van der Waals surface area contributed by atoms with E-state index in [4.69, 9.17) is 0 Å². The lowest BCUT2D eigenvalue weighted by Crippen LogP contribution is -2.11. The minimum absolute atomic E-state index is 0.808. The van der Waals surface area contributed by atoms with E-state index in [0.29, 0.717) is 0 Å². The van der Waals surface area contributed by atoms with Crippen LogP contribution in [0.4, 0.5) is 5.82 Å². The van der Waals surface area contributed by atoms with Crippen LogP contribution in [0.25, 0.3) is 10.8 Å². The summed E-state index contributed by atoms with van der Waals surface area (Å²) in [5.41, 5.74) is 0. The largest absolute Gasteiger partial charge is 0.368 e. The number of fused-ring (bicyclic) bond motifs is 1. The van der Waals surface area contributed by atoms with Crippen LogP contribution in [-0.2, 0) is 6.54 Å². The molecule has 0 aliphatic rings. The van der Waals surface area contributed by atoms with Gasteiger partial charge in [-0.3, -0.25) is 4.68 Å². The van der Waals surface area contributed by atoms with Gasteiger partial charge in [0.05, 0.1) is 6.54 Å². The van der Waals surface area contributed by atoms with Gasteiger partial charge in [-0.25, -0.2) is 4.98 Å². The quantitative estimate of drug-likeness (QED) is 0.759. The Balaban J connectivity index is 1.74. The molecule has 2 heterocycles. The number of rotatable bonds is 4. The lowest BCUT2D eigenvalue weighted by atomic mass is 10.1. The van der Waals surface area contributed by atoms with Crippen LogP contribution in [0.2, 0.25) is 0 Å². The van der Waals surface area contributed by atoms with Gasteiger partial charge in [0.2, 0.25) is 0 Å². The van der Waals surface area contributed by atoms with Crippen molar-refractivity contribution < 1.29 is 0 Å². The summed E-state index contributed by atoms with van der Waals surface area (Å²) in [6.45, 7) is 1.64. The maximum atomic E-state index is 4.38. The summed E-state index contributed by atoms with van der Waals surface area (Å²) in [5, 5.41) is 9.88. The van der Waals surface area contributed by atoms with Crippen molar-refractivity contribution in [1.29, 1.82) is 0 Å². The highest BCUT2D eigenvalue weighted by Gasteiger charge is 2.00. The van der Waals surface area contributed by atoms with Crippen LogP contribution in [0, 0.1) is 0 Å². The Hall–Kier alpha value is -2.36. The predicted octanol–water partition coefficient (Wildman–Crippen LogP) is 2.54. The fourth-order valence-electron chi connectivity index (χ4n) is 1.98. The van der Waals surface area contributed by atoms with Gasteiger partial charge in [0.15, 0.2) is 0 Å². The van der Waals surface area contributed by atoms with Crippen LogP contribution in [0.3, 0.4) is 0 Å². The standard InChI is InChI=1S/C14H14N4/c1-2-5-13-12(4-1)6-8-15-14(13)16-9-11-18-10-3-7-17-18/h1-8,10H,9,11H2,(H,15,16). The van der Waals surface area contributed by atoms with Crippen LogP contribution in [0.15, 0.2) is 55.0 Å². The maximum Gasteiger partial charge on any atom is 0.133 e. The number of pyridine rings is 1. The molecule has 0 unspecified atom stereocenters. The van der Waals surface area contributed by atoms with E-state index in [1.165, 1.54) is 5.39 Å². The van der Waals surface area contributed by atoms with Crippen LogP contribution >= 0.6 is 0 Å². The highest BCUT2D eigenvalue weighted by atomic mass is 15.3. The molecule has 0 amide bonds. The van der Waals surface area contributed by atoms with Gasteiger partial charge < -0.3 is 5.32 Å². The molecule has 0 bridgehead atoms. The summed E-state index contributed by atoms with van der Waals surface area (Å²) in [7, 11) is 0. The number of nitrogens with zero attached hydrogens (tertiary/aromatic N) is 3. The molecule has 1 aromatic carbocycles. The molecular weight excluding hydrogens is 224 g/mol. The number of aromatic nitrogens is 3. The average molecular weight is 238 g/mol. The topological polar surface area (TPSA) is 42.7 Å². The number of hydrogen-bond acceptors (Lipinski definition) is 3. The van der Waals surface area contributed by atoms with Gasteiger partial charge in [-0.05, 0) is 17.5 Å². The van der Waals surface area contributed by atoms with Crippen molar-refractivity contribution in [3.63, 3.8) is 0 Å². The fraction of sp³-hybridized carbons (Fsp3) is 0.143. The van der Waals surface area contributed by atoms with E-state index >= 15 is 0 Å². The lowest BCUT2D eigenvalue weighted by molar-refractivity contribution is 0.637. The third-order valence-electron chi connectivity index (χ3n) is 2.87. The van der Waals surface area contributed by atoms with Crippen molar-refractivity contribution in [3.8, 4) is 0 Å². The molecule has 90 valence electrons. The molecule has 0 spiro atoms. The summed E-state index contributed by atoms with van der Waals surface area (Å²) in [5.74, 6) is 0.931. The first-order valence-electron chi connectivity index (χ1n) is 5.98. The zero-order valence-corrected chi connectivity index (χ0v) is 9.95. The first-order chi connectivity index (χ1) is 8.93. The molecule has 0 radical (unpaired) electrons. The summed E-state index contributed by atoms with van der Waals surface area (Å²) in [6, 6.07) is 12.2. The van der Waals surface area contributed by atoms with Gasteiger partial charge in [0, 0.05) is 30.5 Å². The molecule has 0 atom stereocenters. The monoisotopic (exact) mass is 238 g/mol. The second-order valence-corrected chi connectivity index (χ2v) is 4.08. The van der Waals surface area contributed by atoms with E-state index < -0.39 is 0 Å². The van der Waals surface area contributed by atoms with Crippen LogP contribution in [-0.4, -0.2) is 21.3 Å². The summed E-state index contributed by atoms with van der Waals surface area (Å²) >= 11 is 0. The van der Waals surface area contributed by atoms with Gasteiger partial charge in [0.1, 0.15) is 5.82 Å². The normalized spacial score (nSPS) is 10.7. The van der Waals surface area contributed by atoms with Gasteiger partial charge in [-0.2, -0.15) is 5.10 Å². The number of nitrogens with one attached hydrogen (secondary N) is 1. The minimum atomic E-state index is 0.808. The Bertz CT molecular complexity index is 626. The molecule has 4 heteroatoms. The fourth-order valence-corrected chi connectivity index (χ4v) is 1.98. The van der Waals surface area contributed by atoms with Crippen molar-refractivity contribution in [2.75, 3.05) is 11.9 Å². The second-order valence-electron chi connectivity index (χ2n) is 4.08. The number of benzene rings is 1. The molecule has 1 N–H and O–H groups in total. The predicted molar refractivity (Wildman–Crippen MR) is 72.5 cm³/mol. The molecular formula is C14H14N4. The van der Waals surface area contributed by atoms with Crippen molar-refractivity contribution >= 4 is 16.6 Å². The van der Waals surface area contributed by atoms with E-state index in [-0.39, 0.29) is 0 Å². The zero-order valence-electron chi connectivity index (χ0n) is 9.95. The molecule has 0 aliphatic heterocycles. The van der Waals surface area contributed by atoms with Crippen molar-refractivity contribution in [2.45, 2.75) is 6.54 Å². The summed E-state index contributed by atoms with van der Waals surface area (Å²) < 4.78 is 1.90. The Morgan fingerprint density at radius 3 is 2.89 bits per heavy atom. The van der Waals surface area contributed by atoms with Gasteiger partial charge in [-0.1, -0.05) is 24.3 Å². The van der Waals surface area contributed by atoms with Crippen molar-refractivity contribution in [3.05, 3.63) is 55.0 Å². The molecule has 0 fully saturated rings. The maximum absolute atomic E-state index is 4.38. The Labute approximate surface area is 105 Å².